The summed E-state index contributed by atoms with van der Waals surface area (Å²) in [5.41, 5.74) is -0.870. The van der Waals surface area contributed by atoms with Gasteiger partial charge in [0.2, 0.25) is 11.8 Å². The molecule has 1 spiro atoms. The van der Waals surface area contributed by atoms with E-state index in [4.69, 9.17) is 0 Å². The van der Waals surface area contributed by atoms with Crippen LogP contribution in [-0.2, 0) is 14.4 Å². The molecule has 0 aromatic heterocycles. The molecule has 134 valence electrons. The van der Waals surface area contributed by atoms with Crippen molar-refractivity contribution in [3.63, 3.8) is 0 Å². The minimum absolute atomic E-state index is 0.0204. The van der Waals surface area contributed by atoms with Crippen LogP contribution < -0.4 is 16.0 Å². The largest absolute Gasteiger partial charge is 0.352 e. The van der Waals surface area contributed by atoms with Gasteiger partial charge in [0.25, 0.3) is 5.91 Å². The second-order valence-corrected chi connectivity index (χ2v) is 6.94. The predicted octanol–water partition coefficient (Wildman–Crippen LogP) is 0.128. The number of imide groups is 1. The van der Waals surface area contributed by atoms with Crippen molar-refractivity contribution in [2.24, 2.45) is 5.92 Å². The van der Waals surface area contributed by atoms with Gasteiger partial charge in [-0.05, 0) is 32.6 Å². The molecule has 3 N–H and O–H groups in total. The SMILES string of the molecule is CC(C)NC(=O)CNC(=O)CN1C(=O)N[C@@]2(CCCC[C@H]2C)C1=O. The third-order valence-corrected chi connectivity index (χ3v) is 4.70. The minimum Gasteiger partial charge on any atom is -0.352 e. The van der Waals surface area contributed by atoms with Crippen molar-refractivity contribution in [2.75, 3.05) is 13.1 Å². The van der Waals surface area contributed by atoms with Gasteiger partial charge in [-0.3, -0.25) is 19.3 Å². The Morgan fingerprint density at radius 3 is 2.62 bits per heavy atom. The van der Waals surface area contributed by atoms with E-state index in [1.54, 1.807) is 0 Å². The van der Waals surface area contributed by atoms with Crippen LogP contribution in [0.25, 0.3) is 0 Å². The molecule has 0 radical (unpaired) electrons. The topological polar surface area (TPSA) is 108 Å². The molecule has 8 nitrogen and oxygen atoms in total. The van der Waals surface area contributed by atoms with E-state index < -0.39 is 17.5 Å². The fraction of sp³-hybridized carbons (Fsp3) is 0.750. The Balaban J connectivity index is 1.92. The first-order valence-electron chi connectivity index (χ1n) is 8.46. The number of urea groups is 1. The molecule has 0 aromatic carbocycles. The normalized spacial score (nSPS) is 26.7. The van der Waals surface area contributed by atoms with Gasteiger partial charge < -0.3 is 16.0 Å². The maximum absolute atomic E-state index is 12.7. The van der Waals surface area contributed by atoms with Gasteiger partial charge in [-0.25, -0.2) is 4.79 Å². The van der Waals surface area contributed by atoms with Crippen molar-refractivity contribution in [3.8, 4) is 0 Å². The summed E-state index contributed by atoms with van der Waals surface area (Å²) in [5, 5.41) is 7.88. The molecule has 0 unspecified atom stereocenters. The second kappa shape index (κ2) is 7.19. The van der Waals surface area contributed by atoms with Crippen molar-refractivity contribution in [2.45, 2.75) is 58.0 Å². The summed E-state index contributed by atoms with van der Waals surface area (Å²) in [6.07, 6.45) is 3.40. The van der Waals surface area contributed by atoms with Gasteiger partial charge in [0.05, 0.1) is 6.54 Å². The monoisotopic (exact) mass is 338 g/mol. The summed E-state index contributed by atoms with van der Waals surface area (Å²) in [5.74, 6) is -1.13. The molecule has 1 heterocycles. The zero-order valence-corrected chi connectivity index (χ0v) is 14.5. The lowest BCUT2D eigenvalue weighted by Gasteiger charge is -2.36. The number of hydrogen-bond acceptors (Lipinski definition) is 4. The van der Waals surface area contributed by atoms with Crippen LogP contribution in [0.4, 0.5) is 4.79 Å². The first-order chi connectivity index (χ1) is 11.3. The van der Waals surface area contributed by atoms with E-state index in [1.807, 2.05) is 20.8 Å². The lowest BCUT2D eigenvalue weighted by Crippen LogP contribution is -2.54. The molecule has 5 amide bonds. The van der Waals surface area contributed by atoms with Gasteiger partial charge in [0, 0.05) is 6.04 Å². The first-order valence-corrected chi connectivity index (χ1v) is 8.46. The maximum Gasteiger partial charge on any atom is 0.325 e. The van der Waals surface area contributed by atoms with Gasteiger partial charge in [-0.1, -0.05) is 19.8 Å². The molecule has 1 aliphatic heterocycles. The van der Waals surface area contributed by atoms with Crippen LogP contribution >= 0.6 is 0 Å². The molecule has 24 heavy (non-hydrogen) atoms. The molecule has 2 aliphatic rings. The average Bonchev–Trinajstić information content (AvgIpc) is 2.73. The first kappa shape index (κ1) is 18.2. The minimum atomic E-state index is -0.870. The van der Waals surface area contributed by atoms with Crippen LogP contribution in [0.5, 0.6) is 0 Å². The summed E-state index contributed by atoms with van der Waals surface area (Å²) >= 11 is 0. The number of carbonyl (C=O) groups excluding carboxylic acids is 4. The maximum atomic E-state index is 12.7. The third kappa shape index (κ3) is 3.68. The van der Waals surface area contributed by atoms with Crippen LogP contribution in [-0.4, -0.2) is 53.3 Å². The molecule has 2 rings (SSSR count). The molecular weight excluding hydrogens is 312 g/mol. The van der Waals surface area contributed by atoms with Crippen molar-refractivity contribution < 1.29 is 19.2 Å². The molecule has 1 aliphatic carbocycles. The molecule has 8 heteroatoms. The van der Waals surface area contributed by atoms with Crippen LogP contribution in [0, 0.1) is 5.92 Å². The Kier molecular flexibility index (Phi) is 5.46. The molecule has 0 bridgehead atoms. The van der Waals surface area contributed by atoms with Crippen molar-refractivity contribution in [3.05, 3.63) is 0 Å². The Morgan fingerprint density at radius 2 is 2.00 bits per heavy atom. The van der Waals surface area contributed by atoms with E-state index in [2.05, 4.69) is 16.0 Å². The van der Waals surface area contributed by atoms with Gasteiger partial charge >= 0.3 is 6.03 Å². The number of rotatable bonds is 5. The van der Waals surface area contributed by atoms with Gasteiger partial charge in [-0.15, -0.1) is 0 Å². The third-order valence-electron chi connectivity index (χ3n) is 4.70. The van der Waals surface area contributed by atoms with E-state index in [0.29, 0.717) is 6.42 Å². The van der Waals surface area contributed by atoms with E-state index in [9.17, 15) is 19.2 Å². The van der Waals surface area contributed by atoms with Crippen LogP contribution in [0.15, 0.2) is 0 Å². The molecule has 0 aromatic rings. The number of carbonyl (C=O) groups is 4. The Labute approximate surface area is 141 Å². The second-order valence-electron chi connectivity index (χ2n) is 6.94. The molecule has 2 atom stereocenters. The highest BCUT2D eigenvalue weighted by Crippen LogP contribution is 2.38. The van der Waals surface area contributed by atoms with Crippen molar-refractivity contribution in [1.29, 1.82) is 0 Å². The fourth-order valence-corrected chi connectivity index (χ4v) is 3.39. The standard InChI is InChI=1S/C16H26N4O4/c1-10(2)18-12(21)8-17-13(22)9-20-14(23)16(19-15(20)24)7-5-4-6-11(16)3/h10-11H,4-9H2,1-3H3,(H,17,22)(H,18,21)(H,19,24)/t11-,16-/m1/s1. The lowest BCUT2D eigenvalue weighted by molar-refractivity contribution is -0.137. The predicted molar refractivity (Wildman–Crippen MR) is 86.9 cm³/mol. The Hall–Kier alpha value is -2.12. The number of hydrogen-bond donors (Lipinski definition) is 3. The fourth-order valence-electron chi connectivity index (χ4n) is 3.39. The van der Waals surface area contributed by atoms with E-state index >= 15 is 0 Å². The van der Waals surface area contributed by atoms with E-state index in [-0.39, 0.29) is 36.9 Å². The number of nitrogens with zero attached hydrogens (tertiary/aromatic N) is 1. The number of amides is 5. The highest BCUT2D eigenvalue weighted by atomic mass is 16.2. The van der Waals surface area contributed by atoms with E-state index in [1.165, 1.54) is 0 Å². The summed E-state index contributed by atoms with van der Waals surface area (Å²) in [4.78, 5) is 49.3. The highest BCUT2D eigenvalue weighted by Gasteiger charge is 2.55. The Morgan fingerprint density at radius 1 is 1.29 bits per heavy atom. The van der Waals surface area contributed by atoms with Gasteiger partial charge in [0.15, 0.2) is 0 Å². The molecule has 2 fully saturated rings. The van der Waals surface area contributed by atoms with E-state index in [0.717, 1.165) is 24.2 Å². The van der Waals surface area contributed by atoms with Gasteiger partial charge in [0.1, 0.15) is 12.1 Å². The quantitative estimate of drug-likeness (QED) is 0.619. The average molecular weight is 338 g/mol. The van der Waals surface area contributed by atoms with Crippen LogP contribution in [0.1, 0.15) is 46.5 Å². The zero-order chi connectivity index (χ0) is 17.9. The summed E-state index contributed by atoms with van der Waals surface area (Å²) < 4.78 is 0. The van der Waals surface area contributed by atoms with Crippen LogP contribution in [0.3, 0.4) is 0 Å². The number of nitrogens with one attached hydrogen (secondary N) is 3. The van der Waals surface area contributed by atoms with Crippen molar-refractivity contribution in [1.82, 2.24) is 20.9 Å². The van der Waals surface area contributed by atoms with Gasteiger partial charge in [-0.2, -0.15) is 0 Å². The summed E-state index contributed by atoms with van der Waals surface area (Å²) in [6.45, 7) is 5.04. The summed E-state index contributed by atoms with van der Waals surface area (Å²) in [6, 6.07) is -0.552. The van der Waals surface area contributed by atoms with Crippen molar-refractivity contribution >= 4 is 23.8 Å². The highest BCUT2D eigenvalue weighted by molar-refractivity contribution is 6.09. The summed E-state index contributed by atoms with van der Waals surface area (Å²) in [7, 11) is 0. The van der Waals surface area contributed by atoms with Crippen LogP contribution in [0.2, 0.25) is 0 Å². The smallest absolute Gasteiger partial charge is 0.325 e. The zero-order valence-electron chi connectivity index (χ0n) is 14.5. The molecule has 1 saturated carbocycles. The molecular formula is C16H26N4O4. The molecule has 1 saturated heterocycles. The Bertz CT molecular complexity index is 548. The lowest BCUT2D eigenvalue weighted by atomic mass is 9.73.